The van der Waals surface area contributed by atoms with Gasteiger partial charge < -0.3 is 0 Å². The van der Waals surface area contributed by atoms with Gasteiger partial charge in [-0.2, -0.15) is 0 Å². The molecule has 112 valence electrons. The molecule has 0 atom stereocenters. The average Bonchev–Trinajstić information content (AvgIpc) is 2.40. The number of nitrogens with one attached hydrogen (secondary N) is 1. The van der Waals surface area contributed by atoms with E-state index in [0.29, 0.717) is 22.5 Å². The monoisotopic (exact) mass is 387 g/mol. The van der Waals surface area contributed by atoms with E-state index in [1.165, 1.54) is 0 Å². The van der Waals surface area contributed by atoms with E-state index in [1.807, 2.05) is 19.1 Å². The second kappa shape index (κ2) is 6.92. The van der Waals surface area contributed by atoms with Crippen LogP contribution in [0.1, 0.15) is 11.1 Å². The molecule has 0 aromatic heterocycles. The molecule has 0 bridgehead atoms. The Bertz CT molecular complexity index is 730. The SMILES string of the molecule is Cc1ccc(S(=O)(=O)NCCc2ccc(Cl)cc2)c(Br)c1. The minimum absolute atomic E-state index is 0.254. The lowest BCUT2D eigenvalue weighted by Crippen LogP contribution is -2.26. The van der Waals surface area contributed by atoms with Crippen LogP contribution in [0.2, 0.25) is 5.02 Å². The molecule has 0 heterocycles. The van der Waals surface area contributed by atoms with Gasteiger partial charge in [-0.1, -0.05) is 29.8 Å². The predicted octanol–water partition coefficient (Wildman–Crippen LogP) is 3.93. The Labute approximate surface area is 138 Å². The van der Waals surface area contributed by atoms with E-state index < -0.39 is 10.0 Å². The lowest BCUT2D eigenvalue weighted by molar-refractivity contribution is 0.581. The Morgan fingerprint density at radius 1 is 1.14 bits per heavy atom. The van der Waals surface area contributed by atoms with E-state index in [9.17, 15) is 8.42 Å². The van der Waals surface area contributed by atoms with Crippen molar-refractivity contribution < 1.29 is 8.42 Å². The molecule has 0 saturated heterocycles. The molecule has 0 saturated carbocycles. The van der Waals surface area contributed by atoms with E-state index in [4.69, 9.17) is 11.6 Å². The van der Waals surface area contributed by atoms with Gasteiger partial charge in [-0.05, 0) is 64.7 Å². The number of hydrogen-bond acceptors (Lipinski definition) is 2. The van der Waals surface area contributed by atoms with Gasteiger partial charge in [0.15, 0.2) is 0 Å². The average molecular weight is 389 g/mol. The van der Waals surface area contributed by atoms with Crippen molar-refractivity contribution in [2.24, 2.45) is 0 Å². The summed E-state index contributed by atoms with van der Waals surface area (Å²) >= 11 is 9.11. The molecule has 0 amide bonds. The zero-order valence-corrected chi connectivity index (χ0v) is 14.6. The smallest absolute Gasteiger partial charge is 0.211 e. The normalized spacial score (nSPS) is 11.6. The maximum atomic E-state index is 12.2. The van der Waals surface area contributed by atoms with Crippen molar-refractivity contribution in [3.05, 3.63) is 63.1 Å². The van der Waals surface area contributed by atoms with E-state index in [-0.39, 0.29) is 4.90 Å². The molecule has 21 heavy (non-hydrogen) atoms. The van der Waals surface area contributed by atoms with Crippen LogP contribution in [0.25, 0.3) is 0 Å². The summed E-state index contributed by atoms with van der Waals surface area (Å²) in [5.41, 5.74) is 2.03. The van der Waals surface area contributed by atoms with Crippen LogP contribution >= 0.6 is 27.5 Å². The number of aryl methyl sites for hydroxylation is 1. The Morgan fingerprint density at radius 3 is 2.43 bits per heavy atom. The van der Waals surface area contributed by atoms with Crippen LogP contribution in [-0.2, 0) is 16.4 Å². The topological polar surface area (TPSA) is 46.2 Å². The van der Waals surface area contributed by atoms with Crippen LogP contribution in [0, 0.1) is 6.92 Å². The lowest BCUT2D eigenvalue weighted by Gasteiger charge is -2.09. The van der Waals surface area contributed by atoms with Gasteiger partial charge in [-0.25, -0.2) is 13.1 Å². The molecule has 0 unspecified atom stereocenters. The van der Waals surface area contributed by atoms with E-state index in [0.717, 1.165) is 11.1 Å². The summed E-state index contributed by atoms with van der Waals surface area (Å²) in [6.07, 6.45) is 0.611. The summed E-state index contributed by atoms with van der Waals surface area (Å²) in [5, 5.41) is 0.669. The highest BCUT2D eigenvalue weighted by Crippen LogP contribution is 2.22. The van der Waals surface area contributed by atoms with Crippen molar-refractivity contribution in [2.75, 3.05) is 6.54 Å². The third kappa shape index (κ3) is 4.54. The molecule has 0 aliphatic rings. The van der Waals surface area contributed by atoms with Crippen molar-refractivity contribution in [1.82, 2.24) is 4.72 Å². The highest BCUT2D eigenvalue weighted by molar-refractivity contribution is 9.10. The van der Waals surface area contributed by atoms with Crippen molar-refractivity contribution in [1.29, 1.82) is 0 Å². The molecule has 0 spiro atoms. The van der Waals surface area contributed by atoms with Gasteiger partial charge in [0.05, 0.1) is 4.90 Å². The largest absolute Gasteiger partial charge is 0.241 e. The minimum atomic E-state index is -3.51. The van der Waals surface area contributed by atoms with Crippen molar-refractivity contribution in [2.45, 2.75) is 18.2 Å². The summed E-state index contributed by atoms with van der Waals surface area (Å²) in [6.45, 7) is 2.25. The number of rotatable bonds is 5. The molecule has 6 heteroatoms. The number of benzene rings is 2. The summed E-state index contributed by atoms with van der Waals surface area (Å²) in [7, 11) is -3.51. The zero-order chi connectivity index (χ0) is 15.5. The van der Waals surface area contributed by atoms with Crippen LogP contribution in [0.15, 0.2) is 51.8 Å². The molecule has 2 rings (SSSR count). The Balaban J connectivity index is 2.03. The Hall–Kier alpha value is -0.880. The fraction of sp³-hybridized carbons (Fsp3) is 0.200. The Kier molecular flexibility index (Phi) is 5.43. The number of hydrogen-bond donors (Lipinski definition) is 1. The van der Waals surface area contributed by atoms with Crippen molar-refractivity contribution in [3.63, 3.8) is 0 Å². The van der Waals surface area contributed by atoms with E-state index in [2.05, 4.69) is 20.7 Å². The molecule has 1 N–H and O–H groups in total. The standard InChI is InChI=1S/C15H15BrClNO2S/c1-11-2-7-15(14(16)10-11)21(19,20)18-9-8-12-3-5-13(17)6-4-12/h2-7,10,18H,8-9H2,1H3. The van der Waals surface area contributed by atoms with Gasteiger partial charge in [0.1, 0.15) is 0 Å². The lowest BCUT2D eigenvalue weighted by atomic mass is 10.2. The summed E-state index contributed by atoms with van der Waals surface area (Å²) in [6, 6.07) is 12.5. The Morgan fingerprint density at radius 2 is 1.81 bits per heavy atom. The first-order chi connectivity index (χ1) is 9.88. The zero-order valence-electron chi connectivity index (χ0n) is 11.4. The van der Waals surface area contributed by atoms with Gasteiger partial charge in [0, 0.05) is 16.0 Å². The minimum Gasteiger partial charge on any atom is -0.211 e. The first-order valence-corrected chi connectivity index (χ1v) is 9.04. The molecule has 0 fully saturated rings. The fourth-order valence-electron chi connectivity index (χ4n) is 1.88. The second-order valence-electron chi connectivity index (χ2n) is 4.71. The molecule has 2 aromatic carbocycles. The highest BCUT2D eigenvalue weighted by atomic mass is 79.9. The quantitative estimate of drug-likeness (QED) is 0.843. The van der Waals surface area contributed by atoms with E-state index >= 15 is 0 Å². The summed E-state index contributed by atoms with van der Waals surface area (Å²) in [4.78, 5) is 0.254. The van der Waals surface area contributed by atoms with Gasteiger partial charge in [-0.15, -0.1) is 0 Å². The molecular weight excluding hydrogens is 374 g/mol. The molecular formula is C15H15BrClNO2S. The van der Waals surface area contributed by atoms with Gasteiger partial charge in [-0.3, -0.25) is 0 Å². The number of halogens is 2. The van der Waals surface area contributed by atoms with E-state index in [1.54, 1.807) is 30.3 Å². The van der Waals surface area contributed by atoms with Crippen LogP contribution in [-0.4, -0.2) is 15.0 Å². The second-order valence-corrected chi connectivity index (χ2v) is 7.73. The molecule has 0 radical (unpaired) electrons. The fourth-order valence-corrected chi connectivity index (χ4v) is 4.23. The third-order valence-electron chi connectivity index (χ3n) is 3.00. The van der Waals surface area contributed by atoms with Gasteiger partial charge in [0.25, 0.3) is 0 Å². The van der Waals surface area contributed by atoms with Crippen molar-refractivity contribution >= 4 is 37.6 Å². The van der Waals surface area contributed by atoms with Crippen LogP contribution in [0.4, 0.5) is 0 Å². The summed E-state index contributed by atoms with van der Waals surface area (Å²) < 4.78 is 27.7. The summed E-state index contributed by atoms with van der Waals surface area (Å²) in [5.74, 6) is 0. The molecule has 2 aromatic rings. The predicted molar refractivity (Wildman–Crippen MR) is 89.2 cm³/mol. The van der Waals surface area contributed by atoms with Crippen LogP contribution < -0.4 is 4.72 Å². The maximum absolute atomic E-state index is 12.2. The third-order valence-corrected chi connectivity index (χ3v) is 5.69. The van der Waals surface area contributed by atoms with Crippen LogP contribution in [0.5, 0.6) is 0 Å². The first kappa shape index (κ1) is 16.5. The molecule has 3 nitrogen and oxygen atoms in total. The maximum Gasteiger partial charge on any atom is 0.241 e. The van der Waals surface area contributed by atoms with Crippen LogP contribution in [0.3, 0.4) is 0 Å². The first-order valence-electron chi connectivity index (χ1n) is 6.39. The highest BCUT2D eigenvalue weighted by Gasteiger charge is 2.16. The van der Waals surface area contributed by atoms with Crippen molar-refractivity contribution in [3.8, 4) is 0 Å². The molecule has 0 aliphatic carbocycles. The van der Waals surface area contributed by atoms with Gasteiger partial charge >= 0.3 is 0 Å². The number of sulfonamides is 1. The molecule has 0 aliphatic heterocycles. The van der Waals surface area contributed by atoms with Gasteiger partial charge in [0.2, 0.25) is 10.0 Å².